The monoisotopic (exact) mass is 169 g/mol. The van der Waals surface area contributed by atoms with Gasteiger partial charge in [-0.3, -0.25) is 0 Å². The Bertz CT molecular complexity index is 121. The van der Waals surface area contributed by atoms with E-state index < -0.39 is 14.4 Å². The first kappa shape index (κ1) is 9.29. The molecule has 1 saturated heterocycles. The van der Waals surface area contributed by atoms with Crippen molar-refractivity contribution >= 4 is 14.4 Å². The summed E-state index contributed by atoms with van der Waals surface area (Å²) in [7, 11) is -2.87. The zero-order valence-corrected chi connectivity index (χ0v) is 5.78. The van der Waals surface area contributed by atoms with Crippen LogP contribution in [0, 0.1) is 0 Å². The Morgan fingerprint density at radius 2 is 1.60 bits per heavy atom. The molecule has 0 unspecified atom stereocenters. The molecule has 0 bridgehead atoms. The SMILES string of the molecule is O=C1OCCO1.O=[P+](O)O. The van der Waals surface area contributed by atoms with Gasteiger partial charge >= 0.3 is 14.4 Å². The number of ether oxygens (including phenoxy) is 2. The van der Waals surface area contributed by atoms with Crippen LogP contribution in [0.5, 0.6) is 0 Å². The molecule has 0 aromatic heterocycles. The maximum Gasteiger partial charge on any atom is 0.692 e. The minimum Gasteiger partial charge on any atom is -0.431 e. The third-order valence-electron chi connectivity index (χ3n) is 0.523. The van der Waals surface area contributed by atoms with Gasteiger partial charge in [0, 0.05) is 4.57 Å². The summed E-state index contributed by atoms with van der Waals surface area (Å²) in [6.07, 6.45) is -0.546. The molecule has 1 aliphatic heterocycles. The zero-order valence-electron chi connectivity index (χ0n) is 4.89. The van der Waals surface area contributed by atoms with Gasteiger partial charge in [0.1, 0.15) is 13.2 Å². The summed E-state index contributed by atoms with van der Waals surface area (Å²) in [5, 5.41) is 0. The molecule has 0 radical (unpaired) electrons. The molecule has 0 aliphatic carbocycles. The van der Waals surface area contributed by atoms with Crippen LogP contribution >= 0.6 is 8.25 Å². The molecule has 0 amide bonds. The van der Waals surface area contributed by atoms with Crippen LogP contribution in [-0.4, -0.2) is 29.2 Å². The van der Waals surface area contributed by atoms with Gasteiger partial charge in [0.2, 0.25) is 0 Å². The van der Waals surface area contributed by atoms with Gasteiger partial charge < -0.3 is 9.47 Å². The van der Waals surface area contributed by atoms with Gasteiger partial charge in [0.05, 0.1) is 0 Å². The van der Waals surface area contributed by atoms with Crippen molar-refractivity contribution in [3.05, 3.63) is 0 Å². The van der Waals surface area contributed by atoms with Crippen LogP contribution in [-0.2, 0) is 14.0 Å². The van der Waals surface area contributed by atoms with Crippen molar-refractivity contribution in [2.75, 3.05) is 13.2 Å². The highest BCUT2D eigenvalue weighted by molar-refractivity contribution is 7.30. The Kier molecular flexibility index (Phi) is 4.74. The lowest BCUT2D eigenvalue weighted by Crippen LogP contribution is -1.88. The first-order valence-corrected chi connectivity index (χ1v) is 3.44. The lowest BCUT2D eigenvalue weighted by Gasteiger charge is -1.78. The minimum absolute atomic E-state index is 0.416. The first-order valence-electron chi connectivity index (χ1n) is 2.27. The fourth-order valence-electron chi connectivity index (χ4n) is 0.292. The zero-order chi connectivity index (χ0) is 7.98. The van der Waals surface area contributed by atoms with E-state index in [-0.39, 0.29) is 0 Å². The van der Waals surface area contributed by atoms with E-state index in [1.165, 1.54) is 0 Å². The predicted octanol–water partition coefficient (Wildman–Crippen LogP) is -0.218. The Morgan fingerprint density at radius 1 is 1.30 bits per heavy atom. The van der Waals surface area contributed by atoms with Crippen molar-refractivity contribution in [3.63, 3.8) is 0 Å². The number of hydrogen-bond donors (Lipinski definition) is 2. The van der Waals surface area contributed by atoms with Crippen LogP contribution in [0.15, 0.2) is 0 Å². The van der Waals surface area contributed by atoms with Crippen LogP contribution in [0.1, 0.15) is 0 Å². The van der Waals surface area contributed by atoms with Crippen LogP contribution in [0.2, 0.25) is 0 Å². The fraction of sp³-hybridized carbons (Fsp3) is 0.667. The van der Waals surface area contributed by atoms with E-state index in [4.69, 9.17) is 14.4 Å². The van der Waals surface area contributed by atoms with Crippen LogP contribution in [0.25, 0.3) is 0 Å². The van der Waals surface area contributed by atoms with Crippen molar-refractivity contribution in [2.45, 2.75) is 0 Å². The van der Waals surface area contributed by atoms with E-state index in [0.29, 0.717) is 13.2 Å². The van der Waals surface area contributed by atoms with Crippen molar-refractivity contribution in [2.24, 2.45) is 0 Å². The molecule has 0 atom stereocenters. The molecule has 7 heteroatoms. The van der Waals surface area contributed by atoms with Crippen molar-refractivity contribution in [1.29, 1.82) is 0 Å². The molecule has 0 spiro atoms. The highest BCUT2D eigenvalue weighted by Gasteiger charge is 2.09. The van der Waals surface area contributed by atoms with E-state index in [0.717, 1.165) is 0 Å². The van der Waals surface area contributed by atoms with Crippen molar-refractivity contribution < 1.29 is 28.6 Å². The van der Waals surface area contributed by atoms with Gasteiger partial charge in [-0.15, -0.1) is 9.79 Å². The molecule has 0 saturated carbocycles. The molecule has 6 nitrogen and oxygen atoms in total. The molecule has 1 rings (SSSR count). The van der Waals surface area contributed by atoms with Gasteiger partial charge in [-0.1, -0.05) is 0 Å². The maximum atomic E-state index is 9.80. The molecular formula is C3H6O6P+. The normalized spacial score (nSPS) is 14.4. The molecule has 58 valence electrons. The number of carbonyl (C=O) groups is 1. The summed E-state index contributed by atoms with van der Waals surface area (Å²) in [5.74, 6) is 0. The summed E-state index contributed by atoms with van der Waals surface area (Å²) in [6.45, 7) is 0.831. The van der Waals surface area contributed by atoms with E-state index in [1.54, 1.807) is 0 Å². The largest absolute Gasteiger partial charge is 0.692 e. The molecule has 2 N–H and O–H groups in total. The summed E-state index contributed by atoms with van der Waals surface area (Å²) in [4.78, 5) is 24.0. The average Bonchev–Trinajstić information content (AvgIpc) is 2.15. The Morgan fingerprint density at radius 3 is 1.70 bits per heavy atom. The molecular weight excluding hydrogens is 163 g/mol. The third kappa shape index (κ3) is 7.29. The summed E-state index contributed by atoms with van der Waals surface area (Å²) < 4.78 is 17.3. The van der Waals surface area contributed by atoms with Crippen LogP contribution in [0.3, 0.4) is 0 Å². The first-order chi connectivity index (χ1) is 4.63. The molecule has 1 heterocycles. The second-order valence-electron chi connectivity index (χ2n) is 1.20. The Balaban J connectivity index is 0.000000180. The summed E-state index contributed by atoms with van der Waals surface area (Å²) >= 11 is 0. The number of cyclic esters (lactones) is 2. The summed E-state index contributed by atoms with van der Waals surface area (Å²) in [5.41, 5.74) is 0. The second kappa shape index (κ2) is 5.10. The Labute approximate surface area is 57.3 Å². The van der Waals surface area contributed by atoms with E-state index in [1.807, 2.05) is 0 Å². The van der Waals surface area contributed by atoms with Gasteiger partial charge in [0.15, 0.2) is 0 Å². The maximum absolute atomic E-state index is 9.80. The van der Waals surface area contributed by atoms with Gasteiger partial charge in [-0.25, -0.2) is 4.79 Å². The predicted molar refractivity (Wildman–Crippen MR) is 29.3 cm³/mol. The smallest absolute Gasteiger partial charge is 0.431 e. The minimum atomic E-state index is -2.87. The lowest BCUT2D eigenvalue weighted by molar-refractivity contribution is 0.131. The quantitative estimate of drug-likeness (QED) is 0.384. The van der Waals surface area contributed by atoms with E-state index >= 15 is 0 Å². The number of carbonyl (C=O) groups excluding carboxylic acids is 1. The molecule has 0 aromatic carbocycles. The lowest BCUT2D eigenvalue weighted by atomic mass is 10.8. The number of hydrogen-bond acceptors (Lipinski definition) is 4. The molecule has 1 aliphatic rings. The highest BCUT2D eigenvalue weighted by atomic mass is 31.1. The average molecular weight is 169 g/mol. The highest BCUT2D eigenvalue weighted by Crippen LogP contribution is 1.98. The second-order valence-corrected chi connectivity index (χ2v) is 1.71. The standard InChI is InChI=1S/C3H4O3.HO3P/c4-3-5-1-2-6-3;1-4(2)3/h1-2H2;(H-,1,2,3)/p+1. The number of rotatable bonds is 0. The fourth-order valence-corrected chi connectivity index (χ4v) is 0.292. The van der Waals surface area contributed by atoms with E-state index in [9.17, 15) is 4.79 Å². The van der Waals surface area contributed by atoms with Crippen LogP contribution in [0.4, 0.5) is 4.79 Å². The van der Waals surface area contributed by atoms with Gasteiger partial charge in [-0.05, 0) is 0 Å². The van der Waals surface area contributed by atoms with Crippen molar-refractivity contribution in [1.82, 2.24) is 0 Å². The third-order valence-corrected chi connectivity index (χ3v) is 0.523. The van der Waals surface area contributed by atoms with Crippen molar-refractivity contribution in [3.8, 4) is 0 Å². The molecule has 1 fully saturated rings. The molecule has 0 aromatic rings. The topological polar surface area (TPSA) is 93.1 Å². The van der Waals surface area contributed by atoms with Crippen LogP contribution < -0.4 is 0 Å². The molecule has 10 heavy (non-hydrogen) atoms. The Hall–Kier alpha value is -0.710. The van der Waals surface area contributed by atoms with Gasteiger partial charge in [0.25, 0.3) is 0 Å². The van der Waals surface area contributed by atoms with E-state index in [2.05, 4.69) is 9.47 Å². The summed E-state index contributed by atoms with van der Waals surface area (Å²) in [6, 6.07) is 0. The van der Waals surface area contributed by atoms with Gasteiger partial charge in [-0.2, -0.15) is 0 Å².